The normalized spacial score (nSPS) is 8.67. The minimum Gasteiger partial charge on any atom is -0.282 e. The maximum Gasteiger partial charge on any atom is 0.294 e. The van der Waals surface area contributed by atoms with Crippen LogP contribution in [0, 0.1) is 32.6 Å². The number of hydrogen-bond acceptors (Lipinski definition) is 2. The molecule has 0 spiro atoms. The van der Waals surface area contributed by atoms with Crippen molar-refractivity contribution >= 4 is 10.1 Å². The van der Waals surface area contributed by atoms with Crippen molar-refractivity contribution in [3.05, 3.63) is 29.8 Å². The van der Waals surface area contributed by atoms with E-state index in [0.29, 0.717) is 5.56 Å². The highest BCUT2D eigenvalue weighted by Gasteiger charge is 2.10. The zero-order valence-electron chi connectivity index (χ0n) is 8.29. The molecule has 1 N–H and O–H groups in total. The molecule has 1 aromatic carbocycles. The summed E-state index contributed by atoms with van der Waals surface area (Å²) in [4.78, 5) is -0.0278. The number of terminal acetylenes is 2. The van der Waals surface area contributed by atoms with Gasteiger partial charge in [-0.2, -0.15) is 8.42 Å². The first-order chi connectivity index (χ1) is 7.02. The molecule has 4 heteroatoms. The average Bonchev–Trinajstić information content (AvgIpc) is 2.23. The van der Waals surface area contributed by atoms with Crippen LogP contribution in [-0.4, -0.2) is 13.0 Å². The molecule has 0 aliphatic carbocycles. The van der Waals surface area contributed by atoms with Crippen molar-refractivity contribution in [3.63, 3.8) is 0 Å². The van der Waals surface area contributed by atoms with E-state index < -0.39 is 10.1 Å². The van der Waals surface area contributed by atoms with Crippen LogP contribution in [0.1, 0.15) is 5.56 Å². The summed E-state index contributed by atoms with van der Waals surface area (Å²) in [6.45, 7) is 1.63. The second-order valence-corrected chi connectivity index (χ2v) is 3.63. The van der Waals surface area contributed by atoms with Crippen molar-refractivity contribution in [1.29, 1.82) is 0 Å². The van der Waals surface area contributed by atoms with Crippen LogP contribution in [0.5, 0.6) is 0 Å². The molecule has 0 fully saturated rings. The van der Waals surface area contributed by atoms with Gasteiger partial charge in [0.25, 0.3) is 10.1 Å². The smallest absolute Gasteiger partial charge is 0.282 e. The van der Waals surface area contributed by atoms with Gasteiger partial charge in [-0.1, -0.05) is 18.2 Å². The Hall–Kier alpha value is -1.75. The van der Waals surface area contributed by atoms with Crippen molar-refractivity contribution in [2.75, 3.05) is 0 Å². The molecule has 3 nitrogen and oxygen atoms in total. The van der Waals surface area contributed by atoms with Gasteiger partial charge in [-0.05, 0) is 18.6 Å². The minimum absolute atomic E-state index is 0.0278. The van der Waals surface area contributed by atoms with Crippen LogP contribution >= 0.6 is 0 Å². The maximum atomic E-state index is 10.6. The standard InChI is InChI=1S/C7H8O3S.2C2H2/c1-6-4-2-3-5-7(6)11(8,9)10;2*1-2/h2-5H,1H3,(H,8,9,10);2*1-2H. The molecule has 0 saturated carbocycles. The largest absolute Gasteiger partial charge is 0.294 e. The van der Waals surface area contributed by atoms with Gasteiger partial charge in [0, 0.05) is 0 Å². The quantitative estimate of drug-likeness (QED) is 0.584. The first-order valence-electron chi connectivity index (χ1n) is 3.71. The molecule has 0 bridgehead atoms. The van der Waals surface area contributed by atoms with Gasteiger partial charge in [0.2, 0.25) is 0 Å². The molecule has 0 heterocycles. The van der Waals surface area contributed by atoms with Gasteiger partial charge in [-0.15, -0.1) is 25.7 Å². The number of aryl methyl sites for hydroxylation is 1. The Morgan fingerprint density at radius 2 is 1.47 bits per heavy atom. The lowest BCUT2D eigenvalue weighted by Gasteiger charge is -1.99. The van der Waals surface area contributed by atoms with Gasteiger partial charge < -0.3 is 0 Å². The van der Waals surface area contributed by atoms with E-state index in [-0.39, 0.29) is 4.90 Å². The Morgan fingerprint density at radius 1 is 1.07 bits per heavy atom. The molecule has 0 amide bonds. The third-order valence-electron chi connectivity index (χ3n) is 1.37. The number of rotatable bonds is 1. The summed E-state index contributed by atoms with van der Waals surface area (Å²) in [5.41, 5.74) is 0.551. The van der Waals surface area contributed by atoms with Gasteiger partial charge in [-0.25, -0.2) is 0 Å². The predicted molar refractivity (Wildman–Crippen MR) is 60.8 cm³/mol. The Balaban J connectivity index is 0. The third kappa shape index (κ3) is 5.53. The Morgan fingerprint density at radius 3 is 1.73 bits per heavy atom. The van der Waals surface area contributed by atoms with Crippen LogP contribution < -0.4 is 0 Å². The summed E-state index contributed by atoms with van der Waals surface area (Å²) in [7, 11) is -4.03. The SMILES string of the molecule is C#C.C#C.Cc1ccccc1S(=O)(=O)O. The Labute approximate surface area is 90.9 Å². The van der Waals surface area contributed by atoms with Crippen LogP contribution in [-0.2, 0) is 10.1 Å². The molecule has 15 heavy (non-hydrogen) atoms. The van der Waals surface area contributed by atoms with E-state index in [1.807, 2.05) is 0 Å². The van der Waals surface area contributed by atoms with Crippen molar-refractivity contribution in [2.24, 2.45) is 0 Å². The molecular weight excluding hydrogens is 212 g/mol. The Bertz CT molecular complexity index is 421. The molecule has 0 radical (unpaired) electrons. The molecule has 0 saturated heterocycles. The lowest BCUT2D eigenvalue weighted by atomic mass is 10.2. The fourth-order valence-corrected chi connectivity index (χ4v) is 1.57. The van der Waals surface area contributed by atoms with Crippen LogP contribution in [0.4, 0.5) is 0 Å². The molecule has 1 aromatic rings. The van der Waals surface area contributed by atoms with Gasteiger partial charge in [0.05, 0.1) is 4.90 Å². The molecule has 0 aliphatic heterocycles. The fourth-order valence-electron chi connectivity index (χ4n) is 0.846. The molecule has 0 atom stereocenters. The molecule has 1 rings (SSSR count). The van der Waals surface area contributed by atoms with Gasteiger partial charge in [0.15, 0.2) is 0 Å². The first-order valence-corrected chi connectivity index (χ1v) is 5.15. The van der Waals surface area contributed by atoms with Crippen LogP contribution in [0.3, 0.4) is 0 Å². The fraction of sp³-hybridized carbons (Fsp3) is 0.0909. The minimum atomic E-state index is -4.03. The molecule has 80 valence electrons. The van der Waals surface area contributed by atoms with E-state index in [1.54, 1.807) is 25.1 Å². The van der Waals surface area contributed by atoms with E-state index in [4.69, 9.17) is 4.55 Å². The van der Waals surface area contributed by atoms with E-state index in [2.05, 4.69) is 25.7 Å². The van der Waals surface area contributed by atoms with E-state index in [1.165, 1.54) is 6.07 Å². The summed E-state index contributed by atoms with van der Waals surface area (Å²) in [5.74, 6) is 0. The highest BCUT2D eigenvalue weighted by Crippen LogP contribution is 2.12. The summed E-state index contributed by atoms with van der Waals surface area (Å²) in [6.07, 6.45) is 16.0. The average molecular weight is 224 g/mol. The molecule has 0 unspecified atom stereocenters. The molecule has 0 aromatic heterocycles. The van der Waals surface area contributed by atoms with E-state index >= 15 is 0 Å². The summed E-state index contributed by atoms with van der Waals surface area (Å²) >= 11 is 0. The van der Waals surface area contributed by atoms with Gasteiger partial charge in [0.1, 0.15) is 0 Å². The second-order valence-electron chi connectivity index (χ2n) is 2.24. The van der Waals surface area contributed by atoms with E-state index in [0.717, 1.165) is 0 Å². The zero-order chi connectivity index (χ0) is 12.5. The molecular formula is C11H12O3S. The first kappa shape index (κ1) is 15.7. The predicted octanol–water partition coefficient (Wildman–Crippen LogP) is 1.74. The van der Waals surface area contributed by atoms with Crippen molar-refractivity contribution < 1.29 is 13.0 Å². The summed E-state index contributed by atoms with van der Waals surface area (Å²) < 4.78 is 29.9. The summed E-state index contributed by atoms with van der Waals surface area (Å²) in [6, 6.07) is 6.27. The lowest BCUT2D eigenvalue weighted by Crippen LogP contribution is -1.99. The zero-order valence-corrected chi connectivity index (χ0v) is 9.11. The van der Waals surface area contributed by atoms with Crippen LogP contribution in [0.15, 0.2) is 29.2 Å². The maximum absolute atomic E-state index is 10.6. The van der Waals surface area contributed by atoms with Crippen molar-refractivity contribution in [2.45, 2.75) is 11.8 Å². The van der Waals surface area contributed by atoms with Crippen LogP contribution in [0.2, 0.25) is 0 Å². The monoisotopic (exact) mass is 224 g/mol. The highest BCUT2D eigenvalue weighted by atomic mass is 32.2. The molecule has 0 aliphatic rings. The third-order valence-corrected chi connectivity index (χ3v) is 2.39. The highest BCUT2D eigenvalue weighted by molar-refractivity contribution is 7.85. The summed E-state index contributed by atoms with van der Waals surface area (Å²) in [5, 5.41) is 0. The van der Waals surface area contributed by atoms with E-state index in [9.17, 15) is 8.42 Å². The topological polar surface area (TPSA) is 54.4 Å². The lowest BCUT2D eigenvalue weighted by molar-refractivity contribution is 0.482. The van der Waals surface area contributed by atoms with Crippen molar-refractivity contribution in [3.8, 4) is 25.7 Å². The number of benzene rings is 1. The van der Waals surface area contributed by atoms with Gasteiger partial charge in [-0.3, -0.25) is 4.55 Å². The Kier molecular flexibility index (Phi) is 8.00. The van der Waals surface area contributed by atoms with Crippen LogP contribution in [0.25, 0.3) is 0 Å². The van der Waals surface area contributed by atoms with Gasteiger partial charge >= 0.3 is 0 Å². The van der Waals surface area contributed by atoms with Crippen molar-refractivity contribution in [1.82, 2.24) is 0 Å². The second kappa shape index (κ2) is 7.64. The number of hydrogen-bond donors (Lipinski definition) is 1.